The van der Waals surface area contributed by atoms with Crippen molar-refractivity contribution < 1.29 is 0 Å². The molecule has 0 aliphatic heterocycles. The monoisotopic (exact) mass is 121 g/mol. The number of hydrogen-bond donors (Lipinski definition) is 0. The number of benzene rings is 1. The molecule has 0 spiro atoms. The minimum absolute atomic E-state index is 0.590. The van der Waals surface area contributed by atoms with Crippen molar-refractivity contribution in [2.24, 2.45) is 10.4 Å². The minimum atomic E-state index is 0.590. The summed E-state index contributed by atoms with van der Waals surface area (Å²) in [5.74, 6) is 0. The Balaban J connectivity index is 2.85. The SMILES string of the molecule is [O-]N=Nc1ccccc1. The van der Waals surface area contributed by atoms with Gasteiger partial charge in [0.2, 0.25) is 0 Å². The number of nitrogens with zero attached hydrogens (tertiary/aromatic N) is 2. The van der Waals surface area contributed by atoms with Crippen LogP contribution in [-0.2, 0) is 0 Å². The van der Waals surface area contributed by atoms with Crippen LogP contribution in [0.3, 0.4) is 0 Å². The van der Waals surface area contributed by atoms with Gasteiger partial charge in [-0.05, 0) is 12.1 Å². The van der Waals surface area contributed by atoms with Gasteiger partial charge < -0.3 is 5.21 Å². The second kappa shape index (κ2) is 2.81. The van der Waals surface area contributed by atoms with Gasteiger partial charge in [-0.2, -0.15) is 5.11 Å². The van der Waals surface area contributed by atoms with Gasteiger partial charge in [-0.15, -0.1) is 0 Å². The Hall–Kier alpha value is -1.38. The summed E-state index contributed by atoms with van der Waals surface area (Å²) in [7, 11) is 0. The van der Waals surface area contributed by atoms with Crippen molar-refractivity contribution >= 4 is 5.69 Å². The summed E-state index contributed by atoms with van der Waals surface area (Å²) in [6.45, 7) is 0. The summed E-state index contributed by atoms with van der Waals surface area (Å²) in [6, 6.07) is 8.86. The van der Waals surface area contributed by atoms with Crippen LogP contribution in [0.1, 0.15) is 0 Å². The van der Waals surface area contributed by atoms with E-state index in [4.69, 9.17) is 0 Å². The second-order valence-corrected chi connectivity index (χ2v) is 1.52. The zero-order chi connectivity index (χ0) is 6.53. The molecule has 0 unspecified atom stereocenters. The van der Waals surface area contributed by atoms with E-state index in [1.54, 1.807) is 24.3 Å². The zero-order valence-corrected chi connectivity index (χ0v) is 4.69. The van der Waals surface area contributed by atoms with E-state index >= 15 is 0 Å². The first-order chi connectivity index (χ1) is 4.43. The van der Waals surface area contributed by atoms with Crippen molar-refractivity contribution in [3.63, 3.8) is 0 Å². The fraction of sp³-hybridized carbons (Fsp3) is 0. The lowest BCUT2D eigenvalue weighted by Crippen LogP contribution is -1.57. The highest BCUT2D eigenvalue weighted by molar-refractivity contribution is 5.34. The molecule has 0 aliphatic rings. The van der Waals surface area contributed by atoms with Gasteiger partial charge in [0.05, 0.1) is 5.69 Å². The summed E-state index contributed by atoms with van der Waals surface area (Å²) >= 11 is 0. The Morgan fingerprint density at radius 2 is 1.78 bits per heavy atom. The molecule has 0 N–H and O–H groups in total. The smallest absolute Gasteiger partial charge is 0.0849 e. The topological polar surface area (TPSA) is 47.8 Å². The van der Waals surface area contributed by atoms with Gasteiger partial charge in [-0.25, -0.2) is 5.28 Å². The maximum absolute atomic E-state index is 9.56. The highest BCUT2D eigenvalue weighted by Gasteiger charge is 1.79. The first-order valence-electron chi connectivity index (χ1n) is 2.52. The summed E-state index contributed by atoms with van der Waals surface area (Å²) in [4.78, 5) is 0. The average molecular weight is 121 g/mol. The molecule has 1 aromatic rings. The summed E-state index contributed by atoms with van der Waals surface area (Å²) in [5, 5.41) is 15.2. The van der Waals surface area contributed by atoms with E-state index in [0.29, 0.717) is 5.69 Å². The molecule has 1 aromatic carbocycles. The molecule has 0 aromatic heterocycles. The van der Waals surface area contributed by atoms with Crippen molar-refractivity contribution in [2.45, 2.75) is 0 Å². The van der Waals surface area contributed by atoms with Crippen molar-refractivity contribution in [1.82, 2.24) is 0 Å². The lowest BCUT2D eigenvalue weighted by Gasteiger charge is -1.89. The van der Waals surface area contributed by atoms with Crippen LogP contribution in [0.5, 0.6) is 0 Å². The lowest BCUT2D eigenvalue weighted by atomic mass is 10.3. The molecule has 3 heteroatoms. The maximum atomic E-state index is 9.56. The summed E-state index contributed by atoms with van der Waals surface area (Å²) in [6.07, 6.45) is 0. The highest BCUT2D eigenvalue weighted by atomic mass is 16.5. The third kappa shape index (κ3) is 1.53. The van der Waals surface area contributed by atoms with E-state index in [1.165, 1.54) is 0 Å². The Kier molecular flexibility index (Phi) is 1.80. The Bertz CT molecular complexity index is 195. The lowest BCUT2D eigenvalue weighted by molar-refractivity contribution is 1.24. The van der Waals surface area contributed by atoms with Crippen LogP contribution in [0, 0.1) is 5.21 Å². The number of hydrogen-bond acceptors (Lipinski definition) is 3. The molecular formula is C6H5N2O-. The van der Waals surface area contributed by atoms with E-state index in [2.05, 4.69) is 10.4 Å². The molecule has 1 rings (SSSR count). The Labute approximate surface area is 52.6 Å². The molecule has 3 nitrogen and oxygen atoms in total. The van der Waals surface area contributed by atoms with Crippen LogP contribution >= 0.6 is 0 Å². The molecule has 0 radical (unpaired) electrons. The molecule has 0 heterocycles. The maximum Gasteiger partial charge on any atom is 0.0849 e. The molecule has 9 heavy (non-hydrogen) atoms. The molecule has 46 valence electrons. The van der Waals surface area contributed by atoms with Gasteiger partial charge >= 0.3 is 0 Å². The molecule has 0 atom stereocenters. The predicted octanol–water partition coefficient (Wildman–Crippen LogP) is 2.27. The van der Waals surface area contributed by atoms with E-state index < -0.39 is 0 Å². The van der Waals surface area contributed by atoms with Gasteiger partial charge in [0, 0.05) is 0 Å². The molecule has 0 fully saturated rings. The third-order valence-electron chi connectivity index (χ3n) is 0.912. The van der Waals surface area contributed by atoms with Crippen molar-refractivity contribution in [1.29, 1.82) is 0 Å². The van der Waals surface area contributed by atoms with Gasteiger partial charge in [0.25, 0.3) is 0 Å². The Morgan fingerprint density at radius 1 is 1.11 bits per heavy atom. The van der Waals surface area contributed by atoms with Gasteiger partial charge in [0.15, 0.2) is 0 Å². The van der Waals surface area contributed by atoms with Gasteiger partial charge in [0.1, 0.15) is 0 Å². The molecule has 0 bridgehead atoms. The van der Waals surface area contributed by atoms with E-state index in [-0.39, 0.29) is 0 Å². The van der Waals surface area contributed by atoms with Crippen molar-refractivity contribution in [2.75, 3.05) is 0 Å². The van der Waals surface area contributed by atoms with Crippen LogP contribution in [0.4, 0.5) is 5.69 Å². The predicted molar refractivity (Wildman–Crippen MR) is 34.3 cm³/mol. The van der Waals surface area contributed by atoms with E-state index in [1.807, 2.05) is 6.07 Å². The summed E-state index contributed by atoms with van der Waals surface area (Å²) in [5.41, 5.74) is 0.590. The molecular weight excluding hydrogens is 116 g/mol. The molecule has 0 amide bonds. The molecule has 0 saturated heterocycles. The van der Waals surface area contributed by atoms with Gasteiger partial charge in [-0.3, -0.25) is 0 Å². The van der Waals surface area contributed by atoms with Crippen LogP contribution in [-0.4, -0.2) is 0 Å². The number of rotatable bonds is 1. The van der Waals surface area contributed by atoms with E-state index in [9.17, 15) is 5.21 Å². The van der Waals surface area contributed by atoms with Crippen LogP contribution < -0.4 is 0 Å². The van der Waals surface area contributed by atoms with Crippen LogP contribution in [0.15, 0.2) is 40.7 Å². The van der Waals surface area contributed by atoms with E-state index in [0.717, 1.165) is 0 Å². The van der Waals surface area contributed by atoms with Gasteiger partial charge in [-0.1, -0.05) is 18.2 Å². The zero-order valence-electron chi connectivity index (χ0n) is 4.69. The Morgan fingerprint density at radius 3 is 2.33 bits per heavy atom. The third-order valence-corrected chi connectivity index (χ3v) is 0.912. The first-order valence-corrected chi connectivity index (χ1v) is 2.52. The average Bonchev–Trinajstić information content (AvgIpc) is 1.91. The minimum Gasteiger partial charge on any atom is -0.775 e. The molecule has 0 aliphatic carbocycles. The fourth-order valence-corrected chi connectivity index (χ4v) is 0.542. The quantitative estimate of drug-likeness (QED) is 0.415. The standard InChI is InChI=1S/C6H6N2O/c9-8-7-6-4-2-1-3-5-6/h1-5H,(H,7,9)/p-1. The largest absolute Gasteiger partial charge is 0.775 e. The van der Waals surface area contributed by atoms with Crippen LogP contribution in [0.25, 0.3) is 0 Å². The van der Waals surface area contributed by atoms with Crippen molar-refractivity contribution in [3.8, 4) is 0 Å². The normalized spacial score (nSPS) is 10.2. The van der Waals surface area contributed by atoms with Crippen molar-refractivity contribution in [3.05, 3.63) is 35.5 Å². The fourth-order valence-electron chi connectivity index (χ4n) is 0.542. The highest BCUT2D eigenvalue weighted by Crippen LogP contribution is 2.08. The van der Waals surface area contributed by atoms with Crippen LogP contribution in [0.2, 0.25) is 0 Å². The first kappa shape index (κ1) is 5.75. The molecule has 0 saturated carbocycles. The summed E-state index contributed by atoms with van der Waals surface area (Å²) < 4.78 is 0. The second-order valence-electron chi connectivity index (χ2n) is 1.52.